The van der Waals surface area contributed by atoms with E-state index in [0.717, 1.165) is 36.5 Å². The van der Waals surface area contributed by atoms with E-state index in [2.05, 4.69) is 15.6 Å². The second-order valence-electron chi connectivity index (χ2n) is 7.07. The molecule has 1 atom stereocenters. The fourth-order valence-corrected chi connectivity index (χ4v) is 4.21. The molecule has 2 N–H and O–H groups in total. The third-order valence-electron chi connectivity index (χ3n) is 5.16. The molecule has 2 aliphatic rings. The number of nitrogens with zero attached hydrogens (tertiary/aromatic N) is 1. The van der Waals surface area contributed by atoms with Gasteiger partial charge in [0, 0.05) is 23.1 Å². The Morgan fingerprint density at radius 3 is 2.73 bits per heavy atom. The second-order valence-corrected chi connectivity index (χ2v) is 8.15. The molecule has 140 valence electrons. The minimum Gasteiger partial charge on any atom is -0.316 e. The Bertz CT molecular complexity index is 789. The molecule has 4 rings (SSSR count). The Hall–Kier alpha value is -1.50. The van der Waals surface area contributed by atoms with E-state index in [4.69, 9.17) is 0 Å². The highest BCUT2D eigenvalue weighted by molar-refractivity contribution is 7.15. The van der Waals surface area contributed by atoms with Gasteiger partial charge in [0.2, 0.25) is 5.91 Å². The number of hydrogen-bond acceptors (Lipinski definition) is 4. The van der Waals surface area contributed by atoms with Crippen molar-refractivity contribution in [3.8, 4) is 0 Å². The summed E-state index contributed by atoms with van der Waals surface area (Å²) in [6.07, 6.45) is 2.80. The van der Waals surface area contributed by atoms with Gasteiger partial charge in [-0.1, -0.05) is 25.1 Å². The van der Waals surface area contributed by atoms with Crippen molar-refractivity contribution < 1.29 is 9.18 Å². The summed E-state index contributed by atoms with van der Waals surface area (Å²) in [5.74, 6) is 0.691. The van der Waals surface area contributed by atoms with Gasteiger partial charge in [-0.3, -0.25) is 4.79 Å². The molecule has 1 aliphatic heterocycles. The Kier molecular flexibility index (Phi) is 5.95. The standard InChI is InChI=1S/C19H22FN3OS.ClH/c1-11(14-9-21-10-14)18(24)23-19-22-17(12-6-7-12)16(25-19)8-13-4-2-3-5-15(13)20;/h2-5,11-12,14,21H,6-10H2,1H3,(H,22,23,24);1H. The molecule has 1 aromatic heterocycles. The molecule has 0 spiro atoms. The highest BCUT2D eigenvalue weighted by Gasteiger charge is 2.32. The highest BCUT2D eigenvalue weighted by atomic mass is 35.5. The summed E-state index contributed by atoms with van der Waals surface area (Å²) in [6, 6.07) is 6.86. The van der Waals surface area contributed by atoms with Gasteiger partial charge >= 0.3 is 0 Å². The Balaban J connectivity index is 0.00000196. The van der Waals surface area contributed by atoms with Crippen LogP contribution in [-0.4, -0.2) is 24.0 Å². The van der Waals surface area contributed by atoms with Gasteiger partial charge in [-0.25, -0.2) is 9.37 Å². The normalized spacial score (nSPS) is 17.9. The van der Waals surface area contributed by atoms with Gasteiger partial charge in [0.05, 0.1) is 5.69 Å². The van der Waals surface area contributed by atoms with E-state index in [1.807, 2.05) is 19.1 Å². The molecule has 2 fully saturated rings. The number of rotatable bonds is 6. The number of hydrogen-bond donors (Lipinski definition) is 2. The average Bonchev–Trinajstić information content (AvgIpc) is 3.31. The maximum Gasteiger partial charge on any atom is 0.229 e. The predicted octanol–water partition coefficient (Wildman–Crippen LogP) is 3.97. The first kappa shape index (κ1) is 19.3. The molecule has 1 amide bonds. The zero-order valence-electron chi connectivity index (χ0n) is 14.6. The first-order valence-corrected chi connectivity index (χ1v) is 9.68. The van der Waals surface area contributed by atoms with Gasteiger partial charge in [-0.15, -0.1) is 23.7 Å². The number of halogens is 2. The highest BCUT2D eigenvalue weighted by Crippen LogP contribution is 2.44. The molecule has 1 aliphatic carbocycles. The first-order valence-electron chi connectivity index (χ1n) is 8.86. The van der Waals surface area contributed by atoms with Crippen LogP contribution in [0.1, 0.15) is 41.8 Å². The maximum atomic E-state index is 14.0. The summed E-state index contributed by atoms with van der Waals surface area (Å²) in [7, 11) is 0. The van der Waals surface area contributed by atoms with Crippen molar-refractivity contribution in [2.75, 3.05) is 18.4 Å². The van der Waals surface area contributed by atoms with Crippen LogP contribution in [0.3, 0.4) is 0 Å². The first-order chi connectivity index (χ1) is 12.1. The zero-order valence-corrected chi connectivity index (χ0v) is 16.3. The van der Waals surface area contributed by atoms with E-state index in [1.54, 1.807) is 6.07 Å². The molecule has 7 heteroatoms. The molecule has 2 heterocycles. The SMILES string of the molecule is CC(C(=O)Nc1nc(C2CC2)c(Cc2ccccc2F)s1)C1CNC1.Cl. The number of carbonyl (C=O) groups excluding carboxylic acids is 1. The van der Waals surface area contributed by atoms with Crippen LogP contribution >= 0.6 is 23.7 Å². The van der Waals surface area contributed by atoms with E-state index in [0.29, 0.717) is 29.0 Å². The lowest BCUT2D eigenvalue weighted by Crippen LogP contribution is -2.48. The van der Waals surface area contributed by atoms with Crippen LogP contribution in [0.25, 0.3) is 0 Å². The van der Waals surface area contributed by atoms with E-state index in [1.165, 1.54) is 17.4 Å². The van der Waals surface area contributed by atoms with Crippen molar-refractivity contribution in [2.24, 2.45) is 11.8 Å². The number of carbonyl (C=O) groups is 1. The quantitative estimate of drug-likeness (QED) is 0.778. The number of thiazole rings is 1. The number of aromatic nitrogens is 1. The lowest BCUT2D eigenvalue weighted by Gasteiger charge is -2.31. The van der Waals surface area contributed by atoms with Crippen LogP contribution in [0, 0.1) is 17.7 Å². The van der Waals surface area contributed by atoms with Crippen LogP contribution in [0.2, 0.25) is 0 Å². The summed E-state index contributed by atoms with van der Waals surface area (Å²) in [5, 5.41) is 6.83. The molecule has 2 aromatic rings. The third-order valence-corrected chi connectivity index (χ3v) is 6.15. The lowest BCUT2D eigenvalue weighted by molar-refractivity contribution is -0.121. The number of benzene rings is 1. The molecular formula is C19H23ClFN3OS. The van der Waals surface area contributed by atoms with Crippen LogP contribution < -0.4 is 10.6 Å². The summed E-state index contributed by atoms with van der Waals surface area (Å²) in [5.41, 5.74) is 1.72. The van der Waals surface area contributed by atoms with Crippen molar-refractivity contribution in [3.63, 3.8) is 0 Å². The van der Waals surface area contributed by atoms with Gasteiger partial charge in [0.1, 0.15) is 5.82 Å². The summed E-state index contributed by atoms with van der Waals surface area (Å²) in [6.45, 7) is 3.77. The van der Waals surface area contributed by atoms with Crippen LogP contribution in [0.15, 0.2) is 24.3 Å². The van der Waals surface area contributed by atoms with Crippen LogP contribution in [0.4, 0.5) is 9.52 Å². The monoisotopic (exact) mass is 395 g/mol. The minimum absolute atomic E-state index is 0. The molecule has 4 nitrogen and oxygen atoms in total. The summed E-state index contributed by atoms with van der Waals surface area (Å²) < 4.78 is 14.0. The molecule has 26 heavy (non-hydrogen) atoms. The molecule has 1 saturated heterocycles. The van der Waals surface area contributed by atoms with E-state index >= 15 is 0 Å². The Labute approximate surface area is 163 Å². The maximum absolute atomic E-state index is 14.0. The van der Waals surface area contributed by atoms with Crippen molar-refractivity contribution in [1.29, 1.82) is 0 Å². The third kappa shape index (κ3) is 4.08. The molecule has 1 aromatic carbocycles. The van der Waals surface area contributed by atoms with Crippen molar-refractivity contribution in [3.05, 3.63) is 46.2 Å². The molecular weight excluding hydrogens is 373 g/mol. The Morgan fingerprint density at radius 1 is 1.38 bits per heavy atom. The molecule has 1 saturated carbocycles. The largest absolute Gasteiger partial charge is 0.316 e. The van der Waals surface area contributed by atoms with E-state index in [-0.39, 0.29) is 30.0 Å². The second kappa shape index (κ2) is 8.03. The number of amides is 1. The lowest BCUT2D eigenvalue weighted by atomic mass is 9.88. The topological polar surface area (TPSA) is 54.0 Å². The summed E-state index contributed by atoms with van der Waals surface area (Å²) in [4.78, 5) is 18.2. The van der Waals surface area contributed by atoms with E-state index in [9.17, 15) is 9.18 Å². The molecule has 0 radical (unpaired) electrons. The Morgan fingerprint density at radius 2 is 2.12 bits per heavy atom. The minimum atomic E-state index is -0.186. The summed E-state index contributed by atoms with van der Waals surface area (Å²) >= 11 is 1.49. The number of nitrogens with one attached hydrogen (secondary N) is 2. The van der Waals surface area contributed by atoms with Gasteiger partial charge in [0.25, 0.3) is 0 Å². The van der Waals surface area contributed by atoms with Gasteiger partial charge in [-0.05, 0) is 43.5 Å². The fraction of sp³-hybridized carbons (Fsp3) is 0.474. The predicted molar refractivity (Wildman–Crippen MR) is 105 cm³/mol. The van der Waals surface area contributed by atoms with Crippen LogP contribution in [0.5, 0.6) is 0 Å². The molecule has 0 bridgehead atoms. The van der Waals surface area contributed by atoms with Crippen molar-refractivity contribution in [1.82, 2.24) is 10.3 Å². The van der Waals surface area contributed by atoms with Crippen molar-refractivity contribution >= 4 is 34.8 Å². The number of anilines is 1. The smallest absolute Gasteiger partial charge is 0.229 e. The zero-order chi connectivity index (χ0) is 17.4. The van der Waals surface area contributed by atoms with Gasteiger partial charge in [0.15, 0.2) is 5.13 Å². The van der Waals surface area contributed by atoms with Gasteiger partial charge in [-0.2, -0.15) is 0 Å². The van der Waals surface area contributed by atoms with Crippen LogP contribution in [-0.2, 0) is 11.2 Å². The fourth-order valence-electron chi connectivity index (χ4n) is 3.13. The van der Waals surface area contributed by atoms with Gasteiger partial charge < -0.3 is 10.6 Å². The molecule has 1 unspecified atom stereocenters. The average molecular weight is 396 g/mol. The van der Waals surface area contributed by atoms with E-state index < -0.39 is 0 Å². The van der Waals surface area contributed by atoms with Crippen molar-refractivity contribution in [2.45, 2.75) is 32.1 Å².